The molecule has 0 bridgehead atoms. The number of carbonyl (C=O) groups is 1. The Morgan fingerprint density at radius 1 is 1.40 bits per heavy atom. The van der Waals surface area contributed by atoms with E-state index < -0.39 is 9.05 Å². The van der Waals surface area contributed by atoms with Gasteiger partial charge in [0.15, 0.2) is 0 Å². The highest BCUT2D eigenvalue weighted by atomic mass is 35.7. The van der Waals surface area contributed by atoms with Gasteiger partial charge in [-0.1, -0.05) is 19.4 Å². The van der Waals surface area contributed by atoms with Crippen LogP contribution in [0.1, 0.15) is 43.0 Å². The molecule has 0 aromatic heterocycles. The van der Waals surface area contributed by atoms with E-state index >= 15 is 0 Å². The van der Waals surface area contributed by atoms with Crippen molar-refractivity contribution < 1.29 is 13.2 Å². The Balaban J connectivity index is 2.23. The van der Waals surface area contributed by atoms with Crippen LogP contribution >= 0.6 is 10.7 Å². The highest BCUT2D eigenvalue weighted by Gasteiger charge is 2.32. The number of rotatable bonds is 6. The number of benzene rings is 1. The van der Waals surface area contributed by atoms with Gasteiger partial charge in [0.25, 0.3) is 15.0 Å². The highest BCUT2D eigenvalue weighted by molar-refractivity contribution is 8.13. The zero-order valence-corrected chi connectivity index (χ0v) is 13.0. The molecule has 0 spiro atoms. The Bertz CT molecular complexity index is 596. The van der Waals surface area contributed by atoms with Crippen molar-refractivity contribution in [1.82, 2.24) is 4.90 Å². The van der Waals surface area contributed by atoms with Gasteiger partial charge in [-0.15, -0.1) is 0 Å². The molecule has 1 amide bonds. The lowest BCUT2D eigenvalue weighted by Crippen LogP contribution is -2.34. The van der Waals surface area contributed by atoms with E-state index in [9.17, 15) is 13.2 Å². The van der Waals surface area contributed by atoms with E-state index in [1.807, 2.05) is 4.90 Å². The zero-order chi connectivity index (χ0) is 14.8. The van der Waals surface area contributed by atoms with Gasteiger partial charge in [0.1, 0.15) is 0 Å². The molecule has 0 N–H and O–H groups in total. The van der Waals surface area contributed by atoms with E-state index in [2.05, 4.69) is 6.92 Å². The predicted octanol–water partition coefficient (Wildman–Crippen LogP) is 3.02. The lowest BCUT2D eigenvalue weighted by molar-refractivity contribution is 0.0740. The van der Waals surface area contributed by atoms with Crippen LogP contribution in [0.25, 0.3) is 0 Å². The molecule has 2 rings (SSSR count). The van der Waals surface area contributed by atoms with Crippen molar-refractivity contribution in [2.75, 3.05) is 6.54 Å². The lowest BCUT2D eigenvalue weighted by atomic mass is 10.2. The van der Waals surface area contributed by atoms with Crippen molar-refractivity contribution in [3.63, 3.8) is 0 Å². The molecule has 20 heavy (non-hydrogen) atoms. The minimum atomic E-state index is -3.80. The first-order chi connectivity index (χ1) is 9.43. The molecule has 1 aromatic carbocycles. The van der Waals surface area contributed by atoms with Crippen molar-refractivity contribution in [2.24, 2.45) is 0 Å². The van der Waals surface area contributed by atoms with Crippen LogP contribution in [0.3, 0.4) is 0 Å². The van der Waals surface area contributed by atoms with E-state index in [1.54, 1.807) is 12.1 Å². The molecule has 1 aliphatic carbocycles. The van der Waals surface area contributed by atoms with Crippen LogP contribution in [0.2, 0.25) is 0 Å². The van der Waals surface area contributed by atoms with Gasteiger partial charge in [-0.3, -0.25) is 4.79 Å². The third kappa shape index (κ3) is 3.73. The number of halogens is 1. The van der Waals surface area contributed by atoms with E-state index in [1.165, 1.54) is 12.1 Å². The Morgan fingerprint density at radius 3 is 2.65 bits per heavy atom. The lowest BCUT2D eigenvalue weighted by Gasteiger charge is -2.22. The minimum absolute atomic E-state index is 0.0312. The average molecular weight is 316 g/mol. The van der Waals surface area contributed by atoms with Gasteiger partial charge in [-0.2, -0.15) is 0 Å². The molecule has 1 aromatic rings. The minimum Gasteiger partial charge on any atom is -0.336 e. The number of unbranched alkanes of at least 4 members (excludes halogenated alkanes) is 1. The Hall–Kier alpha value is -1.07. The normalized spacial score (nSPS) is 15.1. The monoisotopic (exact) mass is 315 g/mol. The van der Waals surface area contributed by atoms with Crippen LogP contribution in [0.4, 0.5) is 0 Å². The fourth-order valence-corrected chi connectivity index (χ4v) is 2.91. The van der Waals surface area contributed by atoms with Crippen LogP contribution in [-0.2, 0) is 9.05 Å². The molecule has 0 aliphatic heterocycles. The van der Waals surface area contributed by atoms with Crippen LogP contribution in [0.15, 0.2) is 29.2 Å². The maximum absolute atomic E-state index is 12.5. The van der Waals surface area contributed by atoms with Crippen LogP contribution in [0, 0.1) is 0 Å². The topological polar surface area (TPSA) is 54.5 Å². The number of amides is 1. The number of nitrogens with zero attached hydrogens (tertiary/aromatic N) is 1. The molecule has 6 heteroatoms. The van der Waals surface area contributed by atoms with Crippen molar-refractivity contribution in [3.05, 3.63) is 29.8 Å². The maximum Gasteiger partial charge on any atom is 0.261 e. The van der Waals surface area contributed by atoms with Crippen LogP contribution < -0.4 is 0 Å². The predicted molar refractivity (Wildman–Crippen MR) is 78.4 cm³/mol. The summed E-state index contributed by atoms with van der Waals surface area (Å²) in [7, 11) is 1.52. The fraction of sp³-hybridized carbons (Fsp3) is 0.500. The smallest absolute Gasteiger partial charge is 0.261 e. The van der Waals surface area contributed by atoms with E-state index in [0.717, 1.165) is 32.2 Å². The summed E-state index contributed by atoms with van der Waals surface area (Å²) in [6, 6.07) is 6.24. The SMILES string of the molecule is CCCCN(C(=O)c1cccc(S(=O)(=O)Cl)c1)C1CC1. The summed E-state index contributed by atoms with van der Waals surface area (Å²) in [5.74, 6) is -0.108. The summed E-state index contributed by atoms with van der Waals surface area (Å²) < 4.78 is 22.7. The first kappa shape index (κ1) is 15.3. The second-order valence-corrected chi connectivity index (χ2v) is 7.61. The Morgan fingerprint density at radius 2 is 2.10 bits per heavy atom. The quantitative estimate of drug-likeness (QED) is 0.758. The fourth-order valence-electron chi connectivity index (χ4n) is 2.11. The van der Waals surface area contributed by atoms with Crippen LogP contribution in [0.5, 0.6) is 0 Å². The molecule has 0 unspecified atom stereocenters. The molecule has 110 valence electrons. The summed E-state index contributed by atoms with van der Waals surface area (Å²) in [5.41, 5.74) is 0.384. The van der Waals surface area contributed by atoms with Gasteiger partial charge in [-0.05, 0) is 37.5 Å². The summed E-state index contributed by atoms with van der Waals surface area (Å²) >= 11 is 0. The second-order valence-electron chi connectivity index (χ2n) is 5.05. The third-order valence-electron chi connectivity index (χ3n) is 3.36. The highest BCUT2D eigenvalue weighted by Crippen LogP contribution is 2.29. The molecule has 4 nitrogen and oxygen atoms in total. The Labute approximate surface area is 124 Å². The zero-order valence-electron chi connectivity index (χ0n) is 11.4. The Kier molecular flexibility index (Phi) is 4.70. The summed E-state index contributed by atoms with van der Waals surface area (Å²) in [6.07, 6.45) is 4.04. The van der Waals surface area contributed by atoms with Gasteiger partial charge in [0.05, 0.1) is 4.90 Å². The van der Waals surface area contributed by atoms with Gasteiger partial charge >= 0.3 is 0 Å². The maximum atomic E-state index is 12.5. The largest absolute Gasteiger partial charge is 0.336 e. The molecule has 0 atom stereocenters. The summed E-state index contributed by atoms with van der Waals surface area (Å²) in [5, 5.41) is 0. The molecule has 1 aliphatic rings. The van der Waals surface area contributed by atoms with Gasteiger partial charge in [0, 0.05) is 28.8 Å². The first-order valence-electron chi connectivity index (χ1n) is 6.79. The number of hydrogen-bond acceptors (Lipinski definition) is 3. The van der Waals surface area contributed by atoms with Crippen molar-refractivity contribution >= 4 is 25.6 Å². The van der Waals surface area contributed by atoms with Gasteiger partial charge < -0.3 is 4.90 Å². The number of carbonyl (C=O) groups excluding carboxylic acids is 1. The van der Waals surface area contributed by atoms with Gasteiger partial charge in [-0.25, -0.2) is 8.42 Å². The molecule has 1 saturated carbocycles. The molecule has 1 fully saturated rings. The number of hydrogen-bond donors (Lipinski definition) is 0. The van der Waals surface area contributed by atoms with Gasteiger partial charge in [0.2, 0.25) is 0 Å². The molecular weight excluding hydrogens is 298 g/mol. The van der Waals surface area contributed by atoms with E-state index in [0.29, 0.717) is 11.6 Å². The summed E-state index contributed by atoms with van der Waals surface area (Å²) in [6.45, 7) is 2.80. The summed E-state index contributed by atoms with van der Waals surface area (Å²) in [4.78, 5) is 14.3. The second kappa shape index (κ2) is 6.14. The first-order valence-corrected chi connectivity index (χ1v) is 9.10. The standard InChI is InChI=1S/C14H18ClNO3S/c1-2-3-9-16(12-7-8-12)14(17)11-5-4-6-13(10-11)20(15,18)19/h4-6,10,12H,2-3,7-9H2,1H3. The van der Waals surface area contributed by atoms with Crippen molar-refractivity contribution in [3.8, 4) is 0 Å². The molecule has 0 radical (unpaired) electrons. The molecule has 0 saturated heterocycles. The molecular formula is C14H18ClNO3S. The van der Waals surface area contributed by atoms with Crippen molar-refractivity contribution in [2.45, 2.75) is 43.5 Å². The van der Waals surface area contributed by atoms with E-state index in [-0.39, 0.29) is 10.8 Å². The average Bonchev–Trinajstić information content (AvgIpc) is 3.23. The third-order valence-corrected chi connectivity index (χ3v) is 4.72. The van der Waals surface area contributed by atoms with E-state index in [4.69, 9.17) is 10.7 Å². The van der Waals surface area contributed by atoms with Crippen molar-refractivity contribution in [1.29, 1.82) is 0 Å². The van der Waals surface area contributed by atoms with Crippen LogP contribution in [-0.4, -0.2) is 31.8 Å². The molecule has 0 heterocycles.